The van der Waals surface area contributed by atoms with Gasteiger partial charge in [-0.3, -0.25) is 0 Å². The first-order valence-electron chi connectivity index (χ1n) is 45.5. The zero-order valence-electron chi connectivity index (χ0n) is 76.3. The number of hydrogen-bond donors (Lipinski definition) is 0. The van der Waals surface area contributed by atoms with E-state index < -0.39 is 0 Å². The van der Waals surface area contributed by atoms with Crippen LogP contribution in [0.1, 0.15) is 123 Å². The van der Waals surface area contributed by atoms with Gasteiger partial charge in [0.1, 0.15) is 24.8 Å². The molecular weight excluding hydrogens is 1610 g/mol. The van der Waals surface area contributed by atoms with Gasteiger partial charge in [0.15, 0.2) is 18.1 Å². The first-order chi connectivity index (χ1) is 63.1. The van der Waals surface area contributed by atoms with Crippen molar-refractivity contribution in [2.24, 2.45) is 0 Å². The fourth-order valence-corrected chi connectivity index (χ4v) is 21.1. The highest BCUT2D eigenvalue weighted by atomic mass is 32.2. The van der Waals surface area contributed by atoms with E-state index in [1.165, 1.54) is 149 Å². The highest BCUT2D eigenvalue weighted by molar-refractivity contribution is 8.03. The molecule has 0 spiro atoms. The number of thiazole rings is 1. The summed E-state index contributed by atoms with van der Waals surface area (Å²) in [6.07, 6.45) is 54.8. The summed E-state index contributed by atoms with van der Waals surface area (Å²) in [5, 5.41) is 5.01. The standard InChI is InChI=1S/C39H36N3S2.C29H33N2.C25H25N2.C25H23N2.2H2/c1-3-40-33-19-11-13-21-35(33)43-37(40)27-25-29-23-24-30(26-28-38-41(4-2)34-20-12-14-22-36(34)44-38)39(29)42(31-15-7-5-8-16-31)32-17-9-6-10-18-32;1-28(2)22-16-12-14-18-24(22)30(5)26(28)20-10-8-7-9-11-21-27-29(3,4)23-17-13-15-19-25(23)31(27)6;2*1-3-26-18-16-20(22-12-5-7-14-24(22)26)10-9-11-21-17-19-27(4-2)25-15-8-6-13-23(21)25;;/h5-22,25-28H,3-4,23-24H2,1-2H3;7-21H,1-6H3;5-19H,3-4H2,1-2H3;1,5-16,18H,4,17,19H2,2H3;2*1H/q4*+1;;. The number of pyridine rings is 2. The molecule has 6 aliphatic rings. The molecule has 0 saturated heterocycles. The summed E-state index contributed by atoms with van der Waals surface area (Å²) >= 11 is 3.73. The number of aryl methyl sites for hydroxylation is 2. The second-order valence-corrected chi connectivity index (χ2v) is 35.8. The van der Waals surface area contributed by atoms with Crippen LogP contribution in [0.25, 0.3) is 61.4 Å². The molecule has 0 fully saturated rings. The van der Waals surface area contributed by atoms with Gasteiger partial charge in [-0.1, -0.05) is 268 Å². The Hall–Kier alpha value is -13.9. The zero-order chi connectivity index (χ0) is 89.4. The van der Waals surface area contributed by atoms with Crippen molar-refractivity contribution in [3.8, 4) is 12.5 Å². The van der Waals surface area contributed by atoms with E-state index in [9.17, 15) is 0 Å². The number of fused-ring (bicyclic) bond motifs is 8. The molecule has 0 amide bonds. The lowest BCUT2D eigenvalue weighted by Crippen LogP contribution is -2.33. The maximum Gasteiger partial charge on any atom is 0.262 e. The van der Waals surface area contributed by atoms with Gasteiger partial charge in [-0.25, -0.2) is 0 Å². The third-order valence-electron chi connectivity index (χ3n) is 25.5. The largest absolute Gasteiger partial charge is 0.371 e. The lowest BCUT2D eigenvalue weighted by molar-refractivity contribution is -0.667. The van der Waals surface area contributed by atoms with Crippen molar-refractivity contribution >= 4 is 130 Å². The highest BCUT2D eigenvalue weighted by Gasteiger charge is 2.43. The molecule has 1 aliphatic carbocycles. The van der Waals surface area contributed by atoms with E-state index in [0.717, 1.165) is 69.4 Å². The Morgan fingerprint density at radius 3 is 1.78 bits per heavy atom. The quantitative estimate of drug-likeness (QED) is 0.0456. The van der Waals surface area contributed by atoms with Crippen LogP contribution >= 0.6 is 23.1 Å². The van der Waals surface area contributed by atoms with Crippen molar-refractivity contribution in [1.29, 1.82) is 0 Å². The Balaban J connectivity index is 0.000000143. The summed E-state index contributed by atoms with van der Waals surface area (Å²) in [7, 11) is 4.31. The van der Waals surface area contributed by atoms with Crippen LogP contribution in [0.4, 0.5) is 39.8 Å². The first kappa shape index (κ1) is 88.5. The predicted octanol–water partition coefficient (Wildman–Crippen LogP) is 28.2. The number of terminal acetylenes is 1. The average Bonchev–Trinajstić information content (AvgIpc) is 1.60. The molecule has 19 rings (SSSR count). The smallest absolute Gasteiger partial charge is 0.262 e. The monoisotopic (exact) mass is 1730 g/mol. The summed E-state index contributed by atoms with van der Waals surface area (Å²) < 4.78 is 10.2. The molecule has 10 aromatic carbocycles. The fraction of sp³-hybridized carbons (Fsp3) is 0.186. The van der Waals surface area contributed by atoms with Crippen molar-refractivity contribution in [3.63, 3.8) is 0 Å². The Bertz CT molecular complexity index is 6790. The molecule has 0 N–H and O–H groups in total. The molecule has 9 nitrogen and oxygen atoms in total. The van der Waals surface area contributed by atoms with Crippen LogP contribution in [0.5, 0.6) is 0 Å². The number of allylic oxidation sites excluding steroid dienone is 19. The van der Waals surface area contributed by atoms with Crippen LogP contribution in [-0.2, 0) is 23.9 Å². The highest BCUT2D eigenvalue weighted by Crippen LogP contribution is 2.49. The van der Waals surface area contributed by atoms with Gasteiger partial charge in [0.05, 0.1) is 32.6 Å². The van der Waals surface area contributed by atoms with Crippen LogP contribution in [-0.4, -0.2) is 50.6 Å². The van der Waals surface area contributed by atoms with Crippen molar-refractivity contribution in [1.82, 2.24) is 0 Å². The lowest BCUT2D eigenvalue weighted by Gasteiger charge is -2.31. The minimum absolute atomic E-state index is 0. The number of anilines is 6. The summed E-state index contributed by atoms with van der Waals surface area (Å²) in [6, 6.07) is 97.5. The molecule has 11 heteroatoms. The van der Waals surface area contributed by atoms with E-state index in [2.05, 4.69) is 503 Å². The molecule has 0 atom stereocenters. The number of nitrogens with zero attached hydrogens (tertiary/aromatic N) is 9. The molecule has 0 bridgehead atoms. The van der Waals surface area contributed by atoms with E-state index >= 15 is 0 Å². The molecular formula is C118H121N9S2+4. The minimum atomic E-state index is 0. The van der Waals surface area contributed by atoms with E-state index in [0.29, 0.717) is 0 Å². The van der Waals surface area contributed by atoms with Crippen LogP contribution in [0, 0.1) is 12.5 Å². The maximum atomic E-state index is 5.61. The van der Waals surface area contributed by atoms with Gasteiger partial charge < -0.3 is 24.5 Å². The Kier molecular flexibility index (Phi) is 28.0. The topological polar surface area (TPSA) is 30.8 Å². The number of rotatable bonds is 19. The molecule has 0 saturated carbocycles. The fourth-order valence-electron chi connectivity index (χ4n) is 18.9. The summed E-state index contributed by atoms with van der Waals surface area (Å²) in [5.74, 6) is 0. The van der Waals surface area contributed by atoms with Crippen LogP contribution in [0.2, 0.25) is 0 Å². The molecule has 129 heavy (non-hydrogen) atoms. The average molecular weight is 1730 g/mol. The van der Waals surface area contributed by atoms with E-state index in [1.807, 2.05) is 39.9 Å². The molecule has 0 unspecified atom stereocenters. The third-order valence-corrected chi connectivity index (χ3v) is 27.7. The van der Waals surface area contributed by atoms with Crippen LogP contribution in [0.3, 0.4) is 0 Å². The second-order valence-electron chi connectivity index (χ2n) is 33.7. The normalized spacial score (nSPS) is 17.0. The van der Waals surface area contributed by atoms with E-state index in [-0.39, 0.29) is 13.7 Å². The molecule has 8 heterocycles. The van der Waals surface area contributed by atoms with Gasteiger partial charge >= 0.3 is 0 Å². The summed E-state index contributed by atoms with van der Waals surface area (Å²) in [4.78, 5) is 13.2. The van der Waals surface area contributed by atoms with Crippen molar-refractivity contribution in [2.75, 3.05) is 64.8 Å². The Morgan fingerprint density at radius 2 is 1.09 bits per heavy atom. The Labute approximate surface area is 776 Å². The van der Waals surface area contributed by atoms with Crippen molar-refractivity contribution in [2.45, 2.75) is 110 Å². The van der Waals surface area contributed by atoms with Crippen molar-refractivity contribution in [3.05, 3.63) is 443 Å². The van der Waals surface area contributed by atoms with Gasteiger partial charge in [0, 0.05) is 152 Å². The number of para-hydroxylation sites is 10. The first-order valence-corrected chi connectivity index (χ1v) is 47.2. The molecule has 0 radical (unpaired) electrons. The van der Waals surface area contributed by atoms with E-state index in [4.69, 9.17) is 6.42 Å². The second kappa shape index (κ2) is 40.8. The lowest BCUT2D eigenvalue weighted by atomic mass is 9.81. The van der Waals surface area contributed by atoms with Crippen molar-refractivity contribution < 1.29 is 21.1 Å². The van der Waals surface area contributed by atoms with Crippen LogP contribution < -0.4 is 38.2 Å². The maximum absolute atomic E-state index is 5.61. The number of thioether (sulfide) groups is 1. The zero-order valence-corrected chi connectivity index (χ0v) is 77.9. The number of hydrogen-bond acceptors (Lipinski definition) is 7. The van der Waals surface area contributed by atoms with Gasteiger partial charge in [-0.05, 0) is 210 Å². The molecule has 5 aliphatic heterocycles. The van der Waals surface area contributed by atoms with Gasteiger partial charge in [0.2, 0.25) is 28.3 Å². The van der Waals surface area contributed by atoms with Gasteiger partial charge in [-0.15, -0.1) is 4.57 Å². The number of aromatic nitrogens is 3. The SMILES string of the molecule is C#C[n+]1ccc(C=CC=C2CCN(CC)c3ccccc32)c2ccccc21.CCN1/C(=C\C=C2/CCC(/C=C/c3sc4ccccc4[n+]3CC)=C2N(c2ccccc2)c2ccccc2)Sc2ccccc21.CCN1C=C/C(=C\C=C\c2cc[n+](CC)c3ccccc23)c2ccccc21.CN1C(=CC=CC=CC=CC2=[N+](C)c3ccccc3C2(C)C)C(C)(C)c2ccccc21.[HH].[HH]. The Morgan fingerprint density at radius 1 is 0.481 bits per heavy atom. The van der Waals surface area contributed by atoms with Gasteiger partial charge in [0.25, 0.3) is 5.01 Å². The van der Waals surface area contributed by atoms with E-state index in [1.54, 1.807) is 0 Å². The van der Waals surface area contributed by atoms with Crippen LogP contribution in [0.15, 0.2) is 409 Å². The summed E-state index contributed by atoms with van der Waals surface area (Å²) in [5.41, 5.74) is 29.6. The van der Waals surface area contributed by atoms with Gasteiger partial charge in [-0.2, -0.15) is 13.7 Å². The molecule has 3 aromatic heterocycles. The number of likely N-dealkylation sites (N-methyl/N-ethyl adjacent to an activating group) is 1. The number of benzene rings is 10. The third kappa shape index (κ3) is 18.9. The molecule has 13 aromatic rings. The summed E-state index contributed by atoms with van der Waals surface area (Å²) in [6.45, 7) is 26.2. The minimum Gasteiger partial charge on any atom is -0.371 e. The predicted molar refractivity (Wildman–Crippen MR) is 557 cm³/mol. The molecule has 646 valence electrons.